The number of hydrogen-bond acceptors (Lipinski definition) is 5. The van der Waals surface area contributed by atoms with Gasteiger partial charge in [0.15, 0.2) is 11.5 Å². The normalized spacial score (nSPS) is 16.8. The van der Waals surface area contributed by atoms with Crippen LogP contribution in [0.2, 0.25) is 0 Å². The molecule has 172 valence electrons. The Balaban J connectivity index is 1.49. The number of halogens is 1. The zero-order valence-corrected chi connectivity index (χ0v) is 18.4. The highest BCUT2D eigenvalue weighted by Crippen LogP contribution is 2.34. The summed E-state index contributed by atoms with van der Waals surface area (Å²) in [5.74, 6) is -0.683. The van der Waals surface area contributed by atoms with Gasteiger partial charge in [-0.15, -0.1) is 0 Å². The third kappa shape index (κ3) is 3.98. The Morgan fingerprint density at radius 2 is 1.71 bits per heavy atom. The second kappa shape index (κ2) is 8.62. The average Bonchev–Trinajstić information content (AvgIpc) is 3.41. The molecule has 1 saturated heterocycles. The van der Waals surface area contributed by atoms with E-state index in [0.29, 0.717) is 22.7 Å². The molecule has 1 fully saturated rings. The van der Waals surface area contributed by atoms with Gasteiger partial charge in [-0.25, -0.2) is 9.29 Å². The molecule has 2 heterocycles. The minimum Gasteiger partial charge on any atom is -0.454 e. The summed E-state index contributed by atoms with van der Waals surface area (Å²) in [5, 5.41) is 0. The number of carbonyl (C=O) groups excluding carboxylic acids is 3. The molecule has 2 aliphatic rings. The van der Waals surface area contributed by atoms with E-state index in [9.17, 15) is 18.8 Å². The summed E-state index contributed by atoms with van der Waals surface area (Å²) < 4.78 is 24.2. The van der Waals surface area contributed by atoms with Crippen molar-refractivity contribution in [3.63, 3.8) is 0 Å². The van der Waals surface area contributed by atoms with Crippen molar-refractivity contribution in [1.29, 1.82) is 0 Å². The molecule has 34 heavy (non-hydrogen) atoms. The molecule has 8 heteroatoms. The SMILES string of the molecule is Cc1ccc(N2C(=O)CC(N(Cc3ccc4c(c3)OCO4)C(=O)c3ccc(F)cc3)C2=O)cc1. The lowest BCUT2D eigenvalue weighted by atomic mass is 10.1. The van der Waals surface area contributed by atoms with Crippen LogP contribution in [0.25, 0.3) is 0 Å². The maximum Gasteiger partial charge on any atom is 0.257 e. The van der Waals surface area contributed by atoms with Crippen LogP contribution < -0.4 is 14.4 Å². The number of fused-ring (bicyclic) bond motifs is 1. The molecule has 0 aliphatic carbocycles. The average molecular weight is 460 g/mol. The minimum atomic E-state index is -1.00. The van der Waals surface area contributed by atoms with Crippen LogP contribution in [0.5, 0.6) is 11.5 Å². The highest BCUT2D eigenvalue weighted by Gasteiger charge is 2.44. The van der Waals surface area contributed by atoms with Gasteiger partial charge in [0.2, 0.25) is 12.7 Å². The number of rotatable bonds is 5. The van der Waals surface area contributed by atoms with E-state index < -0.39 is 23.7 Å². The van der Waals surface area contributed by atoms with Crippen molar-refractivity contribution >= 4 is 23.4 Å². The number of aryl methyl sites for hydroxylation is 1. The molecule has 0 aromatic heterocycles. The molecule has 1 unspecified atom stereocenters. The number of imide groups is 1. The van der Waals surface area contributed by atoms with Gasteiger partial charge in [0.1, 0.15) is 11.9 Å². The fourth-order valence-electron chi connectivity index (χ4n) is 4.14. The first kappa shape index (κ1) is 21.6. The molecule has 7 nitrogen and oxygen atoms in total. The van der Waals surface area contributed by atoms with Crippen LogP contribution in [0.3, 0.4) is 0 Å². The van der Waals surface area contributed by atoms with Crippen molar-refractivity contribution in [3.8, 4) is 11.5 Å². The highest BCUT2D eigenvalue weighted by atomic mass is 19.1. The number of benzene rings is 3. The maximum absolute atomic E-state index is 13.5. The standard InChI is InChI=1S/C26H21FN2O5/c1-16-2-9-20(10-3-16)29-24(30)13-21(26(29)32)28(25(31)18-5-7-19(27)8-6-18)14-17-4-11-22-23(12-17)34-15-33-22/h2-12,21H,13-15H2,1H3. The van der Waals surface area contributed by atoms with Crippen molar-refractivity contribution in [3.05, 3.63) is 89.2 Å². The summed E-state index contributed by atoms with van der Waals surface area (Å²) in [6.45, 7) is 2.07. The van der Waals surface area contributed by atoms with Gasteiger partial charge in [-0.2, -0.15) is 0 Å². The predicted octanol–water partition coefficient (Wildman–Crippen LogP) is 3.84. The molecule has 5 rings (SSSR count). The van der Waals surface area contributed by atoms with Crippen molar-refractivity contribution < 1.29 is 28.2 Å². The third-order valence-corrected chi connectivity index (χ3v) is 5.93. The van der Waals surface area contributed by atoms with Gasteiger partial charge >= 0.3 is 0 Å². The van der Waals surface area contributed by atoms with Crippen molar-refractivity contribution in [2.75, 3.05) is 11.7 Å². The number of ether oxygens (including phenoxy) is 2. The summed E-state index contributed by atoms with van der Waals surface area (Å²) in [4.78, 5) is 42.3. The van der Waals surface area contributed by atoms with Gasteiger partial charge in [-0.1, -0.05) is 23.8 Å². The van der Waals surface area contributed by atoms with Crippen LogP contribution in [0.1, 0.15) is 27.9 Å². The number of carbonyl (C=O) groups is 3. The Bertz CT molecular complexity index is 1270. The van der Waals surface area contributed by atoms with Gasteiger partial charge in [-0.05, 0) is 61.0 Å². The predicted molar refractivity (Wildman–Crippen MR) is 121 cm³/mol. The number of nitrogens with zero attached hydrogens (tertiary/aromatic N) is 2. The Morgan fingerprint density at radius 3 is 2.44 bits per heavy atom. The molecule has 1 atom stereocenters. The Kier molecular flexibility index (Phi) is 5.49. The quantitative estimate of drug-likeness (QED) is 0.541. The van der Waals surface area contributed by atoms with Crippen LogP contribution >= 0.6 is 0 Å². The fourth-order valence-corrected chi connectivity index (χ4v) is 4.14. The summed E-state index contributed by atoms with van der Waals surface area (Å²) in [7, 11) is 0. The molecule has 2 aliphatic heterocycles. The fraction of sp³-hybridized carbons (Fsp3) is 0.192. The lowest BCUT2D eigenvalue weighted by Gasteiger charge is -2.28. The molecular formula is C26H21FN2O5. The van der Waals surface area contributed by atoms with E-state index in [0.717, 1.165) is 10.5 Å². The molecular weight excluding hydrogens is 439 g/mol. The summed E-state index contributed by atoms with van der Waals surface area (Å²) >= 11 is 0. The smallest absolute Gasteiger partial charge is 0.257 e. The van der Waals surface area contributed by atoms with E-state index in [1.807, 2.05) is 19.1 Å². The maximum atomic E-state index is 13.5. The van der Waals surface area contributed by atoms with Crippen molar-refractivity contribution in [2.24, 2.45) is 0 Å². The lowest BCUT2D eigenvalue weighted by Crippen LogP contribution is -2.45. The largest absolute Gasteiger partial charge is 0.454 e. The molecule has 0 saturated carbocycles. The first-order chi connectivity index (χ1) is 16.4. The van der Waals surface area contributed by atoms with E-state index in [4.69, 9.17) is 9.47 Å². The van der Waals surface area contributed by atoms with Gasteiger partial charge in [-0.3, -0.25) is 14.4 Å². The van der Waals surface area contributed by atoms with E-state index >= 15 is 0 Å². The topological polar surface area (TPSA) is 76.2 Å². The highest BCUT2D eigenvalue weighted by molar-refractivity contribution is 6.23. The van der Waals surface area contributed by atoms with Crippen LogP contribution in [-0.2, 0) is 16.1 Å². The van der Waals surface area contributed by atoms with Crippen LogP contribution in [0, 0.1) is 12.7 Å². The second-order valence-corrected chi connectivity index (χ2v) is 8.25. The van der Waals surface area contributed by atoms with Crippen LogP contribution in [-0.4, -0.2) is 35.5 Å². The number of amides is 3. The van der Waals surface area contributed by atoms with E-state index in [1.165, 1.54) is 29.2 Å². The molecule has 0 radical (unpaired) electrons. The third-order valence-electron chi connectivity index (χ3n) is 5.93. The summed E-state index contributed by atoms with van der Waals surface area (Å²) in [5.41, 5.74) is 2.38. The Hall–Kier alpha value is -4.20. The van der Waals surface area contributed by atoms with Crippen molar-refractivity contribution in [1.82, 2.24) is 4.90 Å². The van der Waals surface area contributed by atoms with Gasteiger partial charge in [0, 0.05) is 12.1 Å². The molecule has 0 spiro atoms. The lowest BCUT2D eigenvalue weighted by molar-refractivity contribution is -0.122. The molecule has 3 aromatic carbocycles. The zero-order valence-electron chi connectivity index (χ0n) is 18.4. The van der Waals surface area contributed by atoms with Gasteiger partial charge in [0.05, 0.1) is 12.1 Å². The van der Waals surface area contributed by atoms with Crippen LogP contribution in [0.15, 0.2) is 66.7 Å². The monoisotopic (exact) mass is 460 g/mol. The first-order valence-electron chi connectivity index (χ1n) is 10.8. The van der Waals surface area contributed by atoms with E-state index in [-0.39, 0.29) is 31.2 Å². The summed E-state index contributed by atoms with van der Waals surface area (Å²) in [6.07, 6.45) is -0.149. The van der Waals surface area contributed by atoms with Gasteiger partial charge < -0.3 is 14.4 Å². The van der Waals surface area contributed by atoms with Crippen LogP contribution in [0.4, 0.5) is 10.1 Å². The Morgan fingerprint density at radius 1 is 1.00 bits per heavy atom. The Labute approximate surface area is 195 Å². The number of hydrogen-bond donors (Lipinski definition) is 0. The molecule has 0 bridgehead atoms. The molecule has 3 aromatic rings. The second-order valence-electron chi connectivity index (χ2n) is 8.25. The van der Waals surface area contributed by atoms with Crippen molar-refractivity contribution in [2.45, 2.75) is 25.9 Å². The molecule has 3 amide bonds. The molecule has 0 N–H and O–H groups in total. The minimum absolute atomic E-state index is 0.0538. The van der Waals surface area contributed by atoms with Gasteiger partial charge in [0.25, 0.3) is 11.8 Å². The van der Waals surface area contributed by atoms with E-state index in [1.54, 1.807) is 30.3 Å². The number of anilines is 1. The summed E-state index contributed by atoms with van der Waals surface area (Å²) in [6, 6.07) is 16.4. The van der Waals surface area contributed by atoms with E-state index in [2.05, 4.69) is 0 Å². The first-order valence-corrected chi connectivity index (χ1v) is 10.8. The zero-order chi connectivity index (χ0) is 23.8.